The van der Waals surface area contributed by atoms with E-state index in [9.17, 15) is 0 Å². The molecule has 2 heteroatoms. The summed E-state index contributed by atoms with van der Waals surface area (Å²) in [6.45, 7) is 2.01. The Morgan fingerprint density at radius 3 is 2.77 bits per heavy atom. The van der Waals surface area contributed by atoms with E-state index >= 15 is 0 Å². The maximum atomic E-state index is 8.74. The van der Waals surface area contributed by atoms with Crippen LogP contribution in [0.1, 0.15) is 12.5 Å². The molecule has 0 bridgehead atoms. The van der Waals surface area contributed by atoms with Crippen LogP contribution in [0.25, 0.3) is 5.57 Å². The van der Waals surface area contributed by atoms with E-state index in [0.29, 0.717) is 0 Å². The molecule has 2 nitrogen and oxygen atoms in total. The van der Waals surface area contributed by atoms with Crippen molar-refractivity contribution < 1.29 is 9.84 Å². The number of allylic oxidation sites excluding steroid dienone is 1. The van der Waals surface area contributed by atoms with Crippen molar-refractivity contribution in [1.29, 1.82) is 0 Å². The second kappa shape index (κ2) is 4.67. The summed E-state index contributed by atoms with van der Waals surface area (Å²) in [5.74, 6) is 0.838. The zero-order valence-electron chi connectivity index (χ0n) is 7.95. The molecule has 0 aromatic heterocycles. The summed E-state index contributed by atoms with van der Waals surface area (Å²) in [5.41, 5.74) is 2.05. The molecule has 0 unspecified atom stereocenters. The summed E-state index contributed by atoms with van der Waals surface area (Å²) < 4.78 is 5.19. The summed E-state index contributed by atoms with van der Waals surface area (Å²) in [5, 5.41) is 8.74. The minimum absolute atomic E-state index is 0.0594. The van der Waals surface area contributed by atoms with Gasteiger partial charge in [0.15, 0.2) is 0 Å². The van der Waals surface area contributed by atoms with E-state index in [1.165, 1.54) is 0 Å². The molecule has 1 aromatic carbocycles. The normalized spacial score (nSPS) is 11.5. The van der Waals surface area contributed by atoms with Gasteiger partial charge >= 0.3 is 0 Å². The lowest BCUT2D eigenvalue weighted by atomic mass is 10.1. The van der Waals surface area contributed by atoms with Crippen molar-refractivity contribution in [1.82, 2.24) is 0 Å². The molecule has 13 heavy (non-hydrogen) atoms. The van der Waals surface area contributed by atoms with Gasteiger partial charge in [0.2, 0.25) is 0 Å². The maximum absolute atomic E-state index is 8.74. The van der Waals surface area contributed by atoms with Gasteiger partial charge in [-0.15, -0.1) is 0 Å². The van der Waals surface area contributed by atoms with Gasteiger partial charge in [-0.05, 0) is 18.6 Å². The van der Waals surface area contributed by atoms with Crippen LogP contribution >= 0.6 is 0 Å². The molecule has 70 valence electrons. The molecule has 0 spiro atoms. The number of hydrogen-bond acceptors (Lipinski definition) is 2. The summed E-state index contributed by atoms with van der Waals surface area (Å²) in [6.07, 6.45) is 1.76. The fourth-order valence-electron chi connectivity index (χ4n) is 1.22. The van der Waals surface area contributed by atoms with Gasteiger partial charge in [0.25, 0.3) is 0 Å². The molecule has 0 aliphatic heterocycles. The van der Waals surface area contributed by atoms with E-state index in [4.69, 9.17) is 9.84 Å². The van der Waals surface area contributed by atoms with Crippen LogP contribution in [-0.2, 0) is 0 Å². The third kappa shape index (κ3) is 2.33. The predicted octanol–water partition coefficient (Wildman–Crippen LogP) is 2.09. The van der Waals surface area contributed by atoms with Crippen LogP contribution in [0.4, 0.5) is 0 Å². The second-order valence-corrected chi connectivity index (χ2v) is 2.77. The Kier molecular flexibility index (Phi) is 3.53. The fraction of sp³-hybridized carbons (Fsp3) is 0.273. The zero-order chi connectivity index (χ0) is 9.68. The molecule has 0 saturated heterocycles. The Bertz CT molecular complexity index is 303. The molecule has 0 aliphatic carbocycles. The monoisotopic (exact) mass is 178 g/mol. The lowest BCUT2D eigenvalue weighted by Gasteiger charge is -2.07. The number of hydrogen-bond donors (Lipinski definition) is 1. The highest BCUT2D eigenvalue weighted by molar-refractivity contribution is 5.68. The number of ether oxygens (including phenoxy) is 1. The van der Waals surface area contributed by atoms with Crippen LogP contribution in [-0.4, -0.2) is 18.8 Å². The first-order valence-corrected chi connectivity index (χ1v) is 4.20. The molecule has 0 aliphatic rings. The van der Waals surface area contributed by atoms with Gasteiger partial charge in [-0.2, -0.15) is 0 Å². The van der Waals surface area contributed by atoms with E-state index < -0.39 is 0 Å². The van der Waals surface area contributed by atoms with Crippen LogP contribution in [0, 0.1) is 0 Å². The van der Waals surface area contributed by atoms with Crippen LogP contribution in [0.5, 0.6) is 5.75 Å². The molecular formula is C11H14O2. The van der Waals surface area contributed by atoms with E-state index in [-0.39, 0.29) is 6.61 Å². The average molecular weight is 178 g/mol. The smallest absolute Gasteiger partial charge is 0.126 e. The molecule has 0 heterocycles. The summed E-state index contributed by atoms with van der Waals surface area (Å²) in [7, 11) is 1.64. The molecule has 0 atom stereocenters. The molecule has 1 N–H and O–H groups in total. The molecule has 1 rings (SSSR count). The first-order valence-electron chi connectivity index (χ1n) is 4.20. The molecular weight excluding hydrogens is 164 g/mol. The van der Waals surface area contributed by atoms with E-state index in [1.54, 1.807) is 13.2 Å². The Morgan fingerprint density at radius 2 is 2.15 bits per heavy atom. The highest BCUT2D eigenvalue weighted by Crippen LogP contribution is 2.24. The molecule has 0 amide bonds. The number of methoxy groups -OCH3 is 1. The van der Waals surface area contributed by atoms with Crippen LogP contribution in [0.3, 0.4) is 0 Å². The largest absolute Gasteiger partial charge is 0.496 e. The highest BCUT2D eigenvalue weighted by Gasteiger charge is 2.01. The lowest BCUT2D eigenvalue weighted by molar-refractivity contribution is 0.343. The first-order chi connectivity index (χ1) is 6.29. The molecule has 0 fully saturated rings. The van der Waals surface area contributed by atoms with Crippen molar-refractivity contribution in [3.05, 3.63) is 35.9 Å². The second-order valence-electron chi connectivity index (χ2n) is 2.77. The predicted molar refractivity (Wildman–Crippen MR) is 53.7 cm³/mol. The third-order valence-corrected chi connectivity index (χ3v) is 1.93. The van der Waals surface area contributed by atoms with Crippen LogP contribution < -0.4 is 4.74 Å². The van der Waals surface area contributed by atoms with Gasteiger partial charge in [-0.25, -0.2) is 0 Å². The highest BCUT2D eigenvalue weighted by atomic mass is 16.5. The Morgan fingerprint density at radius 1 is 1.46 bits per heavy atom. The standard InChI is InChI=1S/C11H14O2/c1-9(7-8-12)10-5-3-4-6-11(10)13-2/h3-7,12H,8H2,1-2H3. The van der Waals surface area contributed by atoms with Gasteiger partial charge in [-0.3, -0.25) is 0 Å². The van der Waals surface area contributed by atoms with E-state index in [2.05, 4.69) is 0 Å². The molecule has 0 saturated carbocycles. The van der Waals surface area contributed by atoms with Crippen molar-refractivity contribution in [2.24, 2.45) is 0 Å². The summed E-state index contributed by atoms with van der Waals surface area (Å²) >= 11 is 0. The zero-order valence-corrected chi connectivity index (χ0v) is 7.95. The van der Waals surface area contributed by atoms with Gasteiger partial charge in [-0.1, -0.05) is 24.3 Å². The Labute approximate surface area is 78.5 Å². The topological polar surface area (TPSA) is 29.5 Å². The Balaban J connectivity index is 3.05. The van der Waals surface area contributed by atoms with E-state index in [1.807, 2.05) is 31.2 Å². The number of aliphatic hydroxyl groups excluding tert-OH is 1. The number of para-hydroxylation sites is 1. The first kappa shape index (κ1) is 9.81. The van der Waals surface area contributed by atoms with Crippen molar-refractivity contribution in [2.45, 2.75) is 6.92 Å². The Hall–Kier alpha value is -1.28. The number of benzene rings is 1. The third-order valence-electron chi connectivity index (χ3n) is 1.93. The van der Waals surface area contributed by atoms with Crippen molar-refractivity contribution in [3.63, 3.8) is 0 Å². The quantitative estimate of drug-likeness (QED) is 0.768. The number of rotatable bonds is 3. The molecule has 1 aromatic rings. The summed E-state index contributed by atoms with van der Waals surface area (Å²) in [6, 6.07) is 7.76. The minimum atomic E-state index is 0.0594. The van der Waals surface area contributed by atoms with Crippen LogP contribution in [0.15, 0.2) is 30.3 Å². The van der Waals surface area contributed by atoms with Crippen molar-refractivity contribution in [2.75, 3.05) is 13.7 Å². The van der Waals surface area contributed by atoms with Gasteiger partial charge < -0.3 is 9.84 Å². The van der Waals surface area contributed by atoms with Crippen molar-refractivity contribution in [3.8, 4) is 5.75 Å². The fourth-order valence-corrected chi connectivity index (χ4v) is 1.22. The summed E-state index contributed by atoms with van der Waals surface area (Å²) in [4.78, 5) is 0. The minimum Gasteiger partial charge on any atom is -0.496 e. The van der Waals surface area contributed by atoms with Gasteiger partial charge in [0, 0.05) is 5.56 Å². The van der Waals surface area contributed by atoms with Gasteiger partial charge in [0.1, 0.15) is 5.75 Å². The van der Waals surface area contributed by atoms with Crippen molar-refractivity contribution >= 4 is 5.57 Å². The maximum Gasteiger partial charge on any atom is 0.126 e. The average Bonchev–Trinajstić information content (AvgIpc) is 2.18. The van der Waals surface area contributed by atoms with E-state index in [0.717, 1.165) is 16.9 Å². The number of aliphatic hydroxyl groups is 1. The lowest BCUT2D eigenvalue weighted by Crippen LogP contribution is -1.89. The van der Waals surface area contributed by atoms with Gasteiger partial charge in [0.05, 0.1) is 13.7 Å². The molecule has 0 radical (unpaired) electrons. The van der Waals surface area contributed by atoms with Crippen LogP contribution in [0.2, 0.25) is 0 Å². The SMILES string of the molecule is COc1ccccc1C(C)=CCO.